The summed E-state index contributed by atoms with van der Waals surface area (Å²) in [5, 5.41) is 11.6. The van der Waals surface area contributed by atoms with Crippen LogP contribution < -0.4 is 4.90 Å². The highest BCUT2D eigenvalue weighted by molar-refractivity contribution is 6.14. The number of hydrogen-bond donors (Lipinski definition) is 2. The van der Waals surface area contributed by atoms with Crippen molar-refractivity contribution >= 4 is 33.9 Å². The number of aromatic nitrogens is 3. The standard InChI is InChI=1S/C21H18N4O3/c26-12-14-11-22-17-5-4-16-19(18(14)17)23-20(13-2-1-3-15(27)10-13)24-21(16)25-6-8-28-9-7-25/h1-5,10-12,22,27H,6-9H2. The van der Waals surface area contributed by atoms with E-state index >= 15 is 0 Å². The van der Waals surface area contributed by atoms with E-state index in [0.29, 0.717) is 24.6 Å². The molecule has 1 saturated heterocycles. The lowest BCUT2D eigenvalue weighted by Gasteiger charge is -2.29. The van der Waals surface area contributed by atoms with Gasteiger partial charge in [0.25, 0.3) is 0 Å². The molecule has 28 heavy (non-hydrogen) atoms. The van der Waals surface area contributed by atoms with Crippen LogP contribution in [0.15, 0.2) is 42.6 Å². The Morgan fingerprint density at radius 3 is 2.79 bits per heavy atom. The molecule has 2 aromatic heterocycles. The summed E-state index contributed by atoms with van der Waals surface area (Å²) >= 11 is 0. The SMILES string of the molecule is O=Cc1c[nH]c2ccc3c(N4CCOCC4)nc(-c4cccc(O)c4)nc3c12. The second kappa shape index (κ2) is 6.61. The zero-order valence-corrected chi connectivity index (χ0v) is 15.1. The molecule has 3 heterocycles. The summed E-state index contributed by atoms with van der Waals surface area (Å²) in [4.78, 5) is 26.5. The lowest BCUT2D eigenvalue weighted by molar-refractivity contribution is 0.112. The summed E-state index contributed by atoms with van der Waals surface area (Å²) in [5.41, 5.74) is 2.85. The average Bonchev–Trinajstić information content (AvgIpc) is 3.17. The first kappa shape index (κ1) is 16.7. The molecular formula is C21H18N4O3. The number of phenolic OH excluding ortho intramolecular Hbond substituents is 1. The number of morpholine rings is 1. The molecule has 0 radical (unpaired) electrons. The summed E-state index contributed by atoms with van der Waals surface area (Å²) in [7, 11) is 0. The third kappa shape index (κ3) is 2.68. The Bertz CT molecular complexity index is 1200. The van der Waals surface area contributed by atoms with Crippen molar-refractivity contribution in [2.24, 2.45) is 0 Å². The molecule has 1 fully saturated rings. The van der Waals surface area contributed by atoms with Crippen molar-refractivity contribution in [3.8, 4) is 17.1 Å². The predicted octanol–water partition coefficient (Wildman–Crippen LogP) is 3.13. The summed E-state index contributed by atoms with van der Waals surface area (Å²) in [6, 6.07) is 10.8. The second-order valence-electron chi connectivity index (χ2n) is 6.77. The normalized spacial score (nSPS) is 14.6. The summed E-state index contributed by atoms with van der Waals surface area (Å²) in [6.07, 6.45) is 2.53. The topological polar surface area (TPSA) is 91.3 Å². The number of benzene rings is 2. The molecule has 7 nitrogen and oxygen atoms in total. The Balaban J connectivity index is 1.84. The molecule has 0 unspecified atom stereocenters. The molecule has 0 bridgehead atoms. The van der Waals surface area contributed by atoms with Crippen LogP contribution in [0.5, 0.6) is 5.75 Å². The van der Waals surface area contributed by atoms with Gasteiger partial charge in [-0.05, 0) is 24.3 Å². The van der Waals surface area contributed by atoms with Gasteiger partial charge in [-0.1, -0.05) is 12.1 Å². The first-order valence-corrected chi connectivity index (χ1v) is 9.14. The second-order valence-corrected chi connectivity index (χ2v) is 6.77. The lowest BCUT2D eigenvalue weighted by Crippen LogP contribution is -2.37. The minimum absolute atomic E-state index is 0.155. The fourth-order valence-corrected chi connectivity index (χ4v) is 3.70. The van der Waals surface area contributed by atoms with Gasteiger partial charge in [-0.3, -0.25) is 4.79 Å². The third-order valence-corrected chi connectivity index (χ3v) is 5.06. The number of aldehydes is 1. The van der Waals surface area contributed by atoms with E-state index in [1.807, 2.05) is 18.2 Å². The van der Waals surface area contributed by atoms with Crippen molar-refractivity contribution in [3.63, 3.8) is 0 Å². The van der Waals surface area contributed by atoms with Crippen LogP contribution >= 0.6 is 0 Å². The first-order valence-electron chi connectivity index (χ1n) is 9.14. The van der Waals surface area contributed by atoms with E-state index in [0.717, 1.165) is 52.6 Å². The van der Waals surface area contributed by atoms with Gasteiger partial charge in [0.15, 0.2) is 12.1 Å². The third-order valence-electron chi connectivity index (χ3n) is 5.06. The number of carbonyl (C=O) groups excluding carboxylic acids is 1. The number of fused-ring (bicyclic) bond motifs is 3. The minimum atomic E-state index is 0.155. The number of nitrogens with zero attached hydrogens (tertiary/aromatic N) is 3. The zero-order chi connectivity index (χ0) is 19.1. The Hall–Kier alpha value is -3.45. The molecule has 0 amide bonds. The van der Waals surface area contributed by atoms with E-state index in [4.69, 9.17) is 14.7 Å². The molecule has 0 atom stereocenters. The zero-order valence-electron chi connectivity index (χ0n) is 15.1. The minimum Gasteiger partial charge on any atom is -0.508 e. The van der Waals surface area contributed by atoms with Crippen LogP contribution in [0.3, 0.4) is 0 Å². The van der Waals surface area contributed by atoms with Crippen molar-refractivity contribution in [3.05, 3.63) is 48.2 Å². The number of nitrogens with one attached hydrogen (secondary N) is 1. The van der Waals surface area contributed by atoms with Crippen molar-refractivity contribution in [1.82, 2.24) is 15.0 Å². The van der Waals surface area contributed by atoms with Crippen molar-refractivity contribution < 1.29 is 14.6 Å². The number of aromatic hydroxyl groups is 1. The van der Waals surface area contributed by atoms with Crippen LogP contribution in [-0.4, -0.2) is 52.6 Å². The van der Waals surface area contributed by atoms with Crippen molar-refractivity contribution in [2.45, 2.75) is 0 Å². The van der Waals surface area contributed by atoms with E-state index < -0.39 is 0 Å². The number of hydrogen-bond acceptors (Lipinski definition) is 6. The highest BCUT2D eigenvalue weighted by Gasteiger charge is 2.20. The predicted molar refractivity (Wildman–Crippen MR) is 107 cm³/mol. The van der Waals surface area contributed by atoms with Crippen LogP contribution in [0.1, 0.15) is 10.4 Å². The fraction of sp³-hybridized carbons (Fsp3) is 0.190. The first-order chi connectivity index (χ1) is 13.7. The van der Waals surface area contributed by atoms with Gasteiger partial charge < -0.3 is 19.7 Å². The molecule has 5 rings (SSSR count). The van der Waals surface area contributed by atoms with Gasteiger partial charge in [0, 0.05) is 46.7 Å². The molecule has 7 heteroatoms. The van der Waals surface area contributed by atoms with Gasteiger partial charge in [-0.15, -0.1) is 0 Å². The maximum absolute atomic E-state index is 11.6. The van der Waals surface area contributed by atoms with Crippen LogP contribution in [0.2, 0.25) is 0 Å². The lowest BCUT2D eigenvalue weighted by atomic mass is 10.1. The highest BCUT2D eigenvalue weighted by Crippen LogP contribution is 2.34. The van der Waals surface area contributed by atoms with Crippen LogP contribution in [0, 0.1) is 0 Å². The fourth-order valence-electron chi connectivity index (χ4n) is 3.70. The number of anilines is 1. The van der Waals surface area contributed by atoms with Crippen LogP contribution in [0.4, 0.5) is 5.82 Å². The van der Waals surface area contributed by atoms with E-state index in [-0.39, 0.29) is 5.75 Å². The van der Waals surface area contributed by atoms with Gasteiger partial charge in [-0.25, -0.2) is 9.97 Å². The van der Waals surface area contributed by atoms with Crippen molar-refractivity contribution in [2.75, 3.05) is 31.2 Å². The summed E-state index contributed by atoms with van der Waals surface area (Å²) in [5.74, 6) is 1.48. The molecule has 0 spiro atoms. The largest absolute Gasteiger partial charge is 0.508 e. The molecular weight excluding hydrogens is 356 g/mol. The summed E-state index contributed by atoms with van der Waals surface area (Å²) < 4.78 is 5.49. The molecule has 1 aliphatic rings. The number of H-pyrrole nitrogens is 1. The van der Waals surface area contributed by atoms with Gasteiger partial charge in [-0.2, -0.15) is 0 Å². The Morgan fingerprint density at radius 2 is 2.00 bits per heavy atom. The average molecular weight is 374 g/mol. The number of phenols is 1. The molecule has 0 saturated carbocycles. The highest BCUT2D eigenvalue weighted by atomic mass is 16.5. The Morgan fingerprint density at radius 1 is 1.14 bits per heavy atom. The molecule has 140 valence electrons. The van der Waals surface area contributed by atoms with Gasteiger partial charge >= 0.3 is 0 Å². The van der Waals surface area contributed by atoms with Gasteiger partial charge in [0.1, 0.15) is 11.6 Å². The number of aromatic amines is 1. The van der Waals surface area contributed by atoms with E-state index in [1.54, 1.807) is 24.4 Å². The van der Waals surface area contributed by atoms with Crippen molar-refractivity contribution in [1.29, 1.82) is 0 Å². The Labute approximate surface area is 160 Å². The van der Waals surface area contributed by atoms with Gasteiger partial charge in [0.2, 0.25) is 0 Å². The number of ether oxygens (including phenoxy) is 1. The van der Waals surface area contributed by atoms with E-state index in [1.165, 1.54) is 0 Å². The van der Waals surface area contributed by atoms with E-state index in [2.05, 4.69) is 9.88 Å². The molecule has 1 aliphatic heterocycles. The quantitative estimate of drug-likeness (QED) is 0.536. The number of rotatable bonds is 3. The van der Waals surface area contributed by atoms with Gasteiger partial charge in [0.05, 0.1) is 18.7 Å². The monoisotopic (exact) mass is 374 g/mol. The molecule has 4 aromatic rings. The molecule has 2 aromatic carbocycles. The molecule has 2 N–H and O–H groups in total. The number of carbonyl (C=O) groups is 1. The maximum atomic E-state index is 11.6. The van der Waals surface area contributed by atoms with Crippen LogP contribution in [0.25, 0.3) is 33.2 Å². The smallest absolute Gasteiger partial charge is 0.162 e. The summed E-state index contributed by atoms with van der Waals surface area (Å²) in [6.45, 7) is 2.74. The molecule has 0 aliphatic carbocycles. The van der Waals surface area contributed by atoms with Crippen LogP contribution in [-0.2, 0) is 4.74 Å². The van der Waals surface area contributed by atoms with E-state index in [9.17, 15) is 9.90 Å². The Kier molecular flexibility index (Phi) is 3.95. The maximum Gasteiger partial charge on any atom is 0.162 e.